The van der Waals surface area contributed by atoms with Gasteiger partial charge in [-0.15, -0.1) is 0 Å². The molecule has 0 saturated carbocycles. The van der Waals surface area contributed by atoms with Crippen LogP contribution >= 0.6 is 0 Å². The van der Waals surface area contributed by atoms with Gasteiger partial charge in [-0.1, -0.05) is 33.8 Å². The van der Waals surface area contributed by atoms with Gasteiger partial charge in [0.25, 0.3) is 0 Å². The molecule has 0 aliphatic heterocycles. The third kappa shape index (κ3) is 2.93. The van der Waals surface area contributed by atoms with Crippen molar-refractivity contribution >= 4 is 0 Å². The van der Waals surface area contributed by atoms with E-state index in [-0.39, 0.29) is 11.2 Å². The van der Waals surface area contributed by atoms with Crippen LogP contribution in [0.5, 0.6) is 0 Å². The Hall–Kier alpha value is -0.850. The fourth-order valence-electron chi connectivity index (χ4n) is 2.83. The minimum Gasteiger partial charge on any atom is -0.207 e. The summed E-state index contributed by atoms with van der Waals surface area (Å²) < 4.78 is 14.4. The highest BCUT2D eigenvalue weighted by atomic mass is 19.1. The van der Waals surface area contributed by atoms with Crippen LogP contribution in [0.2, 0.25) is 0 Å². The molecule has 0 aromatic rings. The molecule has 1 rings (SSSR count). The summed E-state index contributed by atoms with van der Waals surface area (Å²) in [7, 11) is 0. The van der Waals surface area contributed by atoms with Gasteiger partial charge in [0.05, 0.1) is 0 Å². The molecule has 0 nitrogen and oxygen atoms in total. The number of hydrogen-bond acceptors (Lipinski definition) is 0. The first-order chi connectivity index (χ1) is 8.52. The van der Waals surface area contributed by atoms with Gasteiger partial charge >= 0.3 is 0 Å². The summed E-state index contributed by atoms with van der Waals surface area (Å²) in [4.78, 5) is 0. The van der Waals surface area contributed by atoms with Crippen LogP contribution in [0.4, 0.5) is 4.39 Å². The Labute approximate surface area is 112 Å². The van der Waals surface area contributed by atoms with Crippen molar-refractivity contribution in [1.82, 2.24) is 0 Å². The van der Waals surface area contributed by atoms with Crippen molar-refractivity contribution in [3.05, 3.63) is 34.7 Å². The Morgan fingerprint density at radius 3 is 2.28 bits per heavy atom. The van der Waals surface area contributed by atoms with Gasteiger partial charge in [0.15, 0.2) is 0 Å². The third-order valence-electron chi connectivity index (χ3n) is 4.66. The number of rotatable bonds is 5. The van der Waals surface area contributed by atoms with Crippen LogP contribution in [0, 0.1) is 5.41 Å². The Kier molecular flexibility index (Phi) is 5.37. The lowest BCUT2D eigenvalue weighted by Gasteiger charge is -2.33. The summed E-state index contributed by atoms with van der Waals surface area (Å²) in [6, 6.07) is 0. The maximum Gasteiger partial charge on any atom is 0.123 e. The van der Waals surface area contributed by atoms with Crippen LogP contribution in [0.1, 0.15) is 66.7 Å². The monoisotopic (exact) mass is 250 g/mol. The molecule has 0 amide bonds. The van der Waals surface area contributed by atoms with E-state index in [1.54, 1.807) is 6.08 Å². The van der Waals surface area contributed by atoms with Crippen molar-refractivity contribution in [1.29, 1.82) is 0 Å². The molecule has 0 aromatic carbocycles. The molecule has 0 fully saturated rings. The van der Waals surface area contributed by atoms with Crippen molar-refractivity contribution in [3.8, 4) is 0 Å². The number of halogens is 1. The zero-order valence-electron chi connectivity index (χ0n) is 12.6. The Balaban J connectivity index is 3.10. The second-order valence-corrected chi connectivity index (χ2v) is 5.43. The van der Waals surface area contributed by atoms with Gasteiger partial charge in [-0.3, -0.25) is 0 Å². The van der Waals surface area contributed by atoms with Crippen molar-refractivity contribution in [2.45, 2.75) is 66.7 Å². The van der Waals surface area contributed by atoms with Crippen LogP contribution in [0.3, 0.4) is 0 Å². The molecule has 1 aliphatic rings. The maximum atomic E-state index is 14.4. The average molecular weight is 250 g/mol. The van der Waals surface area contributed by atoms with E-state index in [0.29, 0.717) is 0 Å². The lowest BCUT2D eigenvalue weighted by atomic mass is 9.72. The summed E-state index contributed by atoms with van der Waals surface area (Å²) in [5, 5.41) is 0. The molecule has 0 N–H and O–H groups in total. The van der Waals surface area contributed by atoms with Crippen molar-refractivity contribution in [3.63, 3.8) is 0 Å². The van der Waals surface area contributed by atoms with E-state index in [2.05, 4.69) is 33.8 Å². The second-order valence-electron chi connectivity index (χ2n) is 5.43. The molecule has 1 heteroatoms. The normalized spacial score (nSPS) is 18.1. The molecule has 0 atom stereocenters. The molecular weight excluding hydrogens is 223 g/mol. The lowest BCUT2D eigenvalue weighted by Crippen LogP contribution is -2.20. The second kappa shape index (κ2) is 6.36. The van der Waals surface area contributed by atoms with E-state index >= 15 is 0 Å². The zero-order valence-corrected chi connectivity index (χ0v) is 12.6. The van der Waals surface area contributed by atoms with Gasteiger partial charge in [0, 0.05) is 0 Å². The predicted molar refractivity (Wildman–Crippen MR) is 78.2 cm³/mol. The summed E-state index contributed by atoms with van der Waals surface area (Å²) in [5.74, 6) is 0.0234. The lowest BCUT2D eigenvalue weighted by molar-refractivity contribution is 0.341. The molecule has 0 bridgehead atoms. The minimum absolute atomic E-state index is 0.0234. The van der Waals surface area contributed by atoms with Crippen LogP contribution < -0.4 is 0 Å². The first-order valence-electron chi connectivity index (χ1n) is 7.27. The van der Waals surface area contributed by atoms with Gasteiger partial charge in [-0.05, 0) is 67.2 Å². The maximum absolute atomic E-state index is 14.4. The van der Waals surface area contributed by atoms with Gasteiger partial charge in [0.2, 0.25) is 0 Å². The highest BCUT2D eigenvalue weighted by Gasteiger charge is 2.29. The van der Waals surface area contributed by atoms with E-state index in [1.165, 1.54) is 11.1 Å². The van der Waals surface area contributed by atoms with Gasteiger partial charge < -0.3 is 0 Å². The summed E-state index contributed by atoms with van der Waals surface area (Å²) in [6.45, 7) is 10.7. The summed E-state index contributed by atoms with van der Waals surface area (Å²) in [5.41, 5.74) is 3.55. The quantitative estimate of drug-likeness (QED) is 0.552. The van der Waals surface area contributed by atoms with Crippen molar-refractivity contribution in [2.75, 3.05) is 0 Å². The summed E-state index contributed by atoms with van der Waals surface area (Å²) >= 11 is 0. The zero-order chi connectivity index (χ0) is 13.8. The Bertz CT molecular complexity index is 378. The molecule has 0 saturated heterocycles. The van der Waals surface area contributed by atoms with Crippen molar-refractivity contribution in [2.24, 2.45) is 5.41 Å². The Morgan fingerprint density at radius 1 is 1.28 bits per heavy atom. The van der Waals surface area contributed by atoms with Gasteiger partial charge in [0.1, 0.15) is 5.83 Å². The fourth-order valence-corrected chi connectivity index (χ4v) is 2.83. The number of allylic oxidation sites excluding steroid dienone is 6. The first-order valence-corrected chi connectivity index (χ1v) is 7.27. The number of hydrogen-bond donors (Lipinski definition) is 0. The molecule has 0 spiro atoms. The average Bonchev–Trinajstić information content (AvgIpc) is 2.39. The van der Waals surface area contributed by atoms with Crippen molar-refractivity contribution < 1.29 is 4.39 Å². The molecule has 18 heavy (non-hydrogen) atoms. The molecule has 102 valence electrons. The van der Waals surface area contributed by atoms with E-state index in [4.69, 9.17) is 0 Å². The highest BCUT2D eigenvalue weighted by Crippen LogP contribution is 2.43. The first kappa shape index (κ1) is 15.2. The third-order valence-corrected chi connectivity index (χ3v) is 4.66. The molecule has 0 unspecified atom stereocenters. The molecular formula is C17H27F. The molecule has 0 heterocycles. The predicted octanol–water partition coefficient (Wildman–Crippen LogP) is 6.11. The topological polar surface area (TPSA) is 0 Å². The van der Waals surface area contributed by atoms with Gasteiger partial charge in [-0.2, -0.15) is 0 Å². The highest BCUT2D eigenvalue weighted by molar-refractivity contribution is 5.41. The SMILES string of the molecule is CC=C(CC)C1=CC(F)=C(C(C)(CC)CC)CC1. The molecule has 0 aromatic heterocycles. The standard InChI is InChI=1S/C17H27F/c1-6-13(7-2)14-10-11-15(16(18)12-14)17(5,8-3)9-4/h6,12H,7-11H2,1-5H3. The van der Waals surface area contributed by atoms with Crippen LogP contribution in [0.25, 0.3) is 0 Å². The molecule has 0 radical (unpaired) electrons. The van der Waals surface area contributed by atoms with E-state index in [1.807, 2.05) is 6.92 Å². The largest absolute Gasteiger partial charge is 0.207 e. The van der Waals surface area contributed by atoms with Crippen LogP contribution in [-0.2, 0) is 0 Å². The van der Waals surface area contributed by atoms with E-state index in [9.17, 15) is 4.39 Å². The van der Waals surface area contributed by atoms with Gasteiger partial charge in [-0.25, -0.2) is 4.39 Å². The Morgan fingerprint density at radius 2 is 1.89 bits per heavy atom. The summed E-state index contributed by atoms with van der Waals surface area (Å²) in [6.07, 6.45) is 8.78. The van der Waals surface area contributed by atoms with E-state index < -0.39 is 0 Å². The van der Waals surface area contributed by atoms with Crippen LogP contribution in [-0.4, -0.2) is 0 Å². The fraction of sp³-hybridized carbons (Fsp3) is 0.647. The molecule has 1 aliphatic carbocycles. The smallest absolute Gasteiger partial charge is 0.123 e. The minimum atomic E-state index is 0.0234. The van der Waals surface area contributed by atoms with Crippen LogP contribution in [0.15, 0.2) is 34.7 Å². The van der Waals surface area contributed by atoms with E-state index in [0.717, 1.165) is 37.7 Å².